The van der Waals surface area contributed by atoms with Crippen LogP contribution in [-0.4, -0.2) is 19.7 Å². The summed E-state index contributed by atoms with van der Waals surface area (Å²) in [5, 5.41) is 4.83. The lowest BCUT2D eigenvalue weighted by molar-refractivity contribution is 0.0497. The zero-order chi connectivity index (χ0) is 15.1. The Morgan fingerprint density at radius 2 is 2.10 bits per heavy atom. The molecule has 0 bridgehead atoms. The predicted octanol–water partition coefficient (Wildman–Crippen LogP) is 2.99. The highest BCUT2D eigenvalue weighted by Gasteiger charge is 2.04. The van der Waals surface area contributed by atoms with Gasteiger partial charge in [-0.3, -0.25) is 4.84 Å². The molecule has 2 amide bonds. The smallest absolute Gasteiger partial charge is 0.338 e. The number of amides is 2. The van der Waals surface area contributed by atoms with Crippen molar-refractivity contribution in [3.05, 3.63) is 42.0 Å². The number of ether oxygens (including phenoxy) is 1. The van der Waals surface area contributed by atoms with Gasteiger partial charge in [0.2, 0.25) is 0 Å². The number of carbonyl (C=O) groups is 1. The van der Waals surface area contributed by atoms with Crippen molar-refractivity contribution in [1.82, 2.24) is 10.8 Å². The molecule has 112 valence electrons. The van der Waals surface area contributed by atoms with E-state index in [1.165, 1.54) is 0 Å². The molecule has 0 atom stereocenters. The molecule has 0 saturated heterocycles. The van der Waals surface area contributed by atoms with E-state index in [0.29, 0.717) is 13.2 Å². The Morgan fingerprint density at radius 1 is 1.24 bits per heavy atom. The molecule has 0 aliphatic carbocycles. The Balaban J connectivity index is 2.03. The van der Waals surface area contributed by atoms with Crippen molar-refractivity contribution >= 4 is 16.8 Å². The summed E-state index contributed by atoms with van der Waals surface area (Å²) in [4.78, 5) is 16.6. The minimum atomic E-state index is -0.324. The summed E-state index contributed by atoms with van der Waals surface area (Å²) in [5.74, 6) is 0.795. The largest absolute Gasteiger partial charge is 0.497 e. The Hall–Kier alpha value is -2.27. The standard InChI is InChI=1S/C16H20N2O3/c1-3-9-17-16(19)18-21-11-13-6-4-5-12-7-8-14(20-2)10-15(12)13/h4-8,10H,3,9,11H2,1-2H3,(H2,17,18,19). The number of methoxy groups -OCH3 is 1. The van der Waals surface area contributed by atoms with Gasteiger partial charge in [-0.15, -0.1) is 0 Å². The average Bonchev–Trinajstić information content (AvgIpc) is 2.52. The number of hydrogen-bond donors (Lipinski definition) is 2. The zero-order valence-corrected chi connectivity index (χ0v) is 12.3. The molecule has 2 aromatic rings. The van der Waals surface area contributed by atoms with E-state index in [-0.39, 0.29) is 6.03 Å². The zero-order valence-electron chi connectivity index (χ0n) is 12.3. The number of carbonyl (C=O) groups excluding carboxylic acids is 1. The van der Waals surface area contributed by atoms with E-state index in [1.807, 2.05) is 43.3 Å². The third kappa shape index (κ3) is 4.10. The van der Waals surface area contributed by atoms with E-state index in [9.17, 15) is 4.79 Å². The number of nitrogens with one attached hydrogen (secondary N) is 2. The van der Waals surface area contributed by atoms with Gasteiger partial charge in [0.1, 0.15) is 12.4 Å². The van der Waals surface area contributed by atoms with Gasteiger partial charge in [0.25, 0.3) is 0 Å². The van der Waals surface area contributed by atoms with E-state index < -0.39 is 0 Å². The van der Waals surface area contributed by atoms with Crippen LogP contribution >= 0.6 is 0 Å². The fourth-order valence-corrected chi connectivity index (χ4v) is 2.02. The molecule has 0 aromatic heterocycles. The molecule has 2 rings (SSSR count). The number of urea groups is 1. The molecule has 0 aliphatic heterocycles. The minimum Gasteiger partial charge on any atom is -0.497 e. The predicted molar refractivity (Wildman–Crippen MR) is 82.1 cm³/mol. The fraction of sp³-hybridized carbons (Fsp3) is 0.312. The van der Waals surface area contributed by atoms with Crippen molar-refractivity contribution in [3.63, 3.8) is 0 Å². The van der Waals surface area contributed by atoms with Crippen LogP contribution in [-0.2, 0) is 11.4 Å². The molecule has 21 heavy (non-hydrogen) atoms. The van der Waals surface area contributed by atoms with Gasteiger partial charge in [-0.1, -0.05) is 31.2 Å². The van der Waals surface area contributed by atoms with Gasteiger partial charge in [-0.05, 0) is 34.9 Å². The summed E-state index contributed by atoms with van der Waals surface area (Å²) in [6.07, 6.45) is 0.885. The van der Waals surface area contributed by atoms with Gasteiger partial charge < -0.3 is 10.1 Å². The van der Waals surface area contributed by atoms with E-state index in [1.54, 1.807) is 7.11 Å². The first kappa shape index (κ1) is 15.1. The highest BCUT2D eigenvalue weighted by molar-refractivity contribution is 5.87. The molecule has 0 radical (unpaired) electrons. The topological polar surface area (TPSA) is 59.6 Å². The molecular formula is C16H20N2O3. The Labute approximate surface area is 124 Å². The van der Waals surface area contributed by atoms with E-state index in [2.05, 4.69) is 10.8 Å². The average molecular weight is 288 g/mol. The summed E-state index contributed by atoms with van der Waals surface area (Å²) < 4.78 is 5.24. The molecule has 5 heteroatoms. The monoisotopic (exact) mass is 288 g/mol. The van der Waals surface area contributed by atoms with Crippen LogP contribution in [0.1, 0.15) is 18.9 Å². The van der Waals surface area contributed by atoms with Crippen LogP contribution in [0.25, 0.3) is 10.8 Å². The van der Waals surface area contributed by atoms with Crippen LogP contribution < -0.4 is 15.5 Å². The molecule has 0 saturated carbocycles. The first-order valence-electron chi connectivity index (χ1n) is 6.96. The van der Waals surface area contributed by atoms with Crippen LogP contribution in [0.3, 0.4) is 0 Å². The number of hydrogen-bond acceptors (Lipinski definition) is 3. The molecular weight excluding hydrogens is 268 g/mol. The van der Waals surface area contributed by atoms with Crippen molar-refractivity contribution in [1.29, 1.82) is 0 Å². The molecule has 0 heterocycles. The van der Waals surface area contributed by atoms with Gasteiger partial charge in [-0.2, -0.15) is 0 Å². The van der Waals surface area contributed by atoms with Gasteiger partial charge in [0.15, 0.2) is 0 Å². The molecule has 0 aliphatic rings. The summed E-state index contributed by atoms with van der Waals surface area (Å²) in [5.41, 5.74) is 3.37. The Kier molecular flexibility index (Phi) is 5.40. The Bertz CT molecular complexity index is 613. The second kappa shape index (κ2) is 7.50. The second-order valence-electron chi connectivity index (χ2n) is 4.65. The minimum absolute atomic E-state index is 0.296. The molecule has 0 fully saturated rings. The highest BCUT2D eigenvalue weighted by atomic mass is 16.7. The first-order valence-corrected chi connectivity index (χ1v) is 6.96. The van der Waals surface area contributed by atoms with Gasteiger partial charge in [0, 0.05) is 6.54 Å². The maximum atomic E-state index is 11.4. The van der Waals surface area contributed by atoms with E-state index >= 15 is 0 Å². The van der Waals surface area contributed by atoms with Crippen molar-refractivity contribution in [2.75, 3.05) is 13.7 Å². The van der Waals surface area contributed by atoms with Crippen LogP contribution in [0.4, 0.5) is 4.79 Å². The second-order valence-corrected chi connectivity index (χ2v) is 4.65. The fourth-order valence-electron chi connectivity index (χ4n) is 2.02. The molecule has 5 nitrogen and oxygen atoms in total. The SMILES string of the molecule is CCCNC(=O)NOCc1cccc2ccc(OC)cc12. The lowest BCUT2D eigenvalue weighted by Gasteiger charge is -2.10. The highest BCUT2D eigenvalue weighted by Crippen LogP contribution is 2.24. The molecule has 0 spiro atoms. The summed E-state index contributed by atoms with van der Waals surface area (Å²) in [6.45, 7) is 2.91. The van der Waals surface area contributed by atoms with Crippen molar-refractivity contribution in [2.45, 2.75) is 20.0 Å². The number of fused-ring (bicyclic) bond motifs is 1. The number of rotatable bonds is 6. The number of hydroxylamine groups is 1. The third-order valence-corrected chi connectivity index (χ3v) is 3.11. The van der Waals surface area contributed by atoms with Crippen molar-refractivity contribution < 1.29 is 14.4 Å². The van der Waals surface area contributed by atoms with Crippen LogP contribution in [0.5, 0.6) is 5.75 Å². The van der Waals surface area contributed by atoms with Crippen LogP contribution in [0.2, 0.25) is 0 Å². The van der Waals surface area contributed by atoms with Gasteiger partial charge in [0.05, 0.1) is 7.11 Å². The lowest BCUT2D eigenvalue weighted by Crippen LogP contribution is -2.35. The lowest BCUT2D eigenvalue weighted by atomic mass is 10.0. The first-order chi connectivity index (χ1) is 10.2. The maximum absolute atomic E-state index is 11.4. The summed E-state index contributed by atoms with van der Waals surface area (Å²) in [6, 6.07) is 11.5. The third-order valence-electron chi connectivity index (χ3n) is 3.11. The Morgan fingerprint density at radius 3 is 2.86 bits per heavy atom. The molecule has 2 N–H and O–H groups in total. The van der Waals surface area contributed by atoms with E-state index in [0.717, 1.165) is 28.5 Å². The van der Waals surface area contributed by atoms with Crippen LogP contribution in [0.15, 0.2) is 36.4 Å². The van der Waals surface area contributed by atoms with Crippen molar-refractivity contribution in [2.24, 2.45) is 0 Å². The summed E-state index contributed by atoms with van der Waals surface area (Å²) in [7, 11) is 1.64. The van der Waals surface area contributed by atoms with Crippen molar-refractivity contribution in [3.8, 4) is 5.75 Å². The van der Waals surface area contributed by atoms with Crippen LogP contribution in [0, 0.1) is 0 Å². The van der Waals surface area contributed by atoms with E-state index in [4.69, 9.17) is 9.57 Å². The molecule has 0 unspecified atom stereocenters. The van der Waals surface area contributed by atoms with Gasteiger partial charge >= 0.3 is 6.03 Å². The quantitative estimate of drug-likeness (QED) is 0.803. The normalized spacial score (nSPS) is 10.4. The van der Waals surface area contributed by atoms with Gasteiger partial charge in [-0.25, -0.2) is 10.3 Å². The molecule has 2 aromatic carbocycles. The summed E-state index contributed by atoms with van der Waals surface area (Å²) >= 11 is 0. The number of benzene rings is 2. The maximum Gasteiger partial charge on any atom is 0.338 e.